The summed E-state index contributed by atoms with van der Waals surface area (Å²) >= 11 is 0. The van der Waals surface area contributed by atoms with E-state index in [2.05, 4.69) is 4.72 Å². The second kappa shape index (κ2) is 5.42. The third-order valence-corrected chi connectivity index (χ3v) is 5.16. The van der Waals surface area contributed by atoms with E-state index < -0.39 is 10.0 Å². The molecule has 1 aromatic rings. The van der Waals surface area contributed by atoms with Gasteiger partial charge in [-0.05, 0) is 24.3 Å². The van der Waals surface area contributed by atoms with Crippen molar-refractivity contribution >= 4 is 15.9 Å². The van der Waals surface area contributed by atoms with Gasteiger partial charge in [0.2, 0.25) is 15.9 Å². The Morgan fingerprint density at radius 1 is 1.29 bits per heavy atom. The Morgan fingerprint density at radius 3 is 2.57 bits per heavy atom. The van der Waals surface area contributed by atoms with Gasteiger partial charge in [0.1, 0.15) is 0 Å². The summed E-state index contributed by atoms with van der Waals surface area (Å²) < 4.78 is 25.3. The number of likely N-dealkylation sites (tertiary alicyclic amines) is 1. The predicted molar refractivity (Wildman–Crippen MR) is 80.1 cm³/mol. The third-order valence-electron chi connectivity index (χ3n) is 4.43. The number of benzene rings is 1. The van der Waals surface area contributed by atoms with Crippen LogP contribution in [0, 0.1) is 5.92 Å². The Morgan fingerprint density at radius 2 is 2.00 bits per heavy atom. The van der Waals surface area contributed by atoms with Crippen molar-refractivity contribution in [3.63, 3.8) is 0 Å². The minimum atomic E-state index is -3.17. The average Bonchev–Trinajstić information content (AvgIpc) is 2.97. The molecular weight excluding hydrogens is 288 g/mol. The monoisotopic (exact) mass is 308 g/mol. The van der Waals surface area contributed by atoms with Gasteiger partial charge in [-0.25, -0.2) is 13.1 Å². The van der Waals surface area contributed by atoms with E-state index in [4.69, 9.17) is 0 Å². The third kappa shape index (κ3) is 3.27. The van der Waals surface area contributed by atoms with Crippen molar-refractivity contribution in [3.8, 4) is 0 Å². The van der Waals surface area contributed by atoms with Crippen LogP contribution in [0.15, 0.2) is 30.3 Å². The van der Waals surface area contributed by atoms with E-state index in [0.717, 1.165) is 18.4 Å². The number of hydrogen-bond donors (Lipinski definition) is 1. The lowest BCUT2D eigenvalue weighted by Crippen LogP contribution is -2.47. The van der Waals surface area contributed by atoms with Gasteiger partial charge in [-0.2, -0.15) is 0 Å². The molecule has 0 unspecified atom stereocenters. The van der Waals surface area contributed by atoms with Crippen LogP contribution in [0.3, 0.4) is 0 Å². The van der Waals surface area contributed by atoms with Crippen LogP contribution in [-0.2, 0) is 21.2 Å². The first-order valence-electron chi connectivity index (χ1n) is 7.23. The molecule has 6 heteroatoms. The van der Waals surface area contributed by atoms with Crippen LogP contribution in [-0.4, -0.2) is 44.1 Å². The van der Waals surface area contributed by atoms with E-state index in [1.165, 1.54) is 6.26 Å². The molecule has 3 atom stereocenters. The number of hydrogen-bond acceptors (Lipinski definition) is 3. The number of sulfonamides is 1. The Balaban J connectivity index is 1.60. The minimum Gasteiger partial charge on any atom is -0.339 e. The van der Waals surface area contributed by atoms with Gasteiger partial charge in [0.15, 0.2) is 0 Å². The first kappa shape index (κ1) is 14.5. The number of carbonyl (C=O) groups is 1. The van der Waals surface area contributed by atoms with E-state index in [-0.39, 0.29) is 23.9 Å². The van der Waals surface area contributed by atoms with Crippen molar-refractivity contribution in [1.82, 2.24) is 9.62 Å². The molecule has 2 bridgehead atoms. The standard InChI is InChI=1S/C15H20N2O3S/c1-21(19,20)16-14-9-13-8-12(14)10-17(13)15(18)7-11-5-3-2-4-6-11/h2-6,12-14,16H,7-10H2,1H3/t12-,13-,14-/m0/s1. The summed E-state index contributed by atoms with van der Waals surface area (Å²) in [5.74, 6) is 0.399. The molecular formula is C15H20N2O3S. The maximum atomic E-state index is 12.4. The summed E-state index contributed by atoms with van der Waals surface area (Å²) in [7, 11) is -3.17. The number of piperidine rings is 1. The summed E-state index contributed by atoms with van der Waals surface area (Å²) in [6, 6.07) is 9.90. The van der Waals surface area contributed by atoms with Gasteiger partial charge in [0, 0.05) is 18.6 Å². The lowest BCUT2D eigenvalue weighted by atomic mass is 10.0. The molecule has 21 heavy (non-hydrogen) atoms. The molecule has 0 spiro atoms. The van der Waals surface area contributed by atoms with Crippen LogP contribution >= 0.6 is 0 Å². The summed E-state index contributed by atoms with van der Waals surface area (Å²) in [6.07, 6.45) is 3.26. The second-order valence-electron chi connectivity index (χ2n) is 6.09. The molecule has 1 aliphatic heterocycles. The normalized spacial score (nSPS) is 28.0. The quantitative estimate of drug-likeness (QED) is 0.893. The number of fused-ring (bicyclic) bond motifs is 2. The van der Waals surface area contributed by atoms with Crippen LogP contribution in [0.25, 0.3) is 0 Å². The zero-order chi connectivity index (χ0) is 15.0. The minimum absolute atomic E-state index is 0.00854. The molecule has 3 rings (SSSR count). The van der Waals surface area contributed by atoms with Gasteiger partial charge in [0.25, 0.3) is 0 Å². The highest BCUT2D eigenvalue weighted by atomic mass is 32.2. The molecule has 1 aromatic carbocycles. The molecule has 0 radical (unpaired) electrons. The molecule has 1 saturated heterocycles. The fourth-order valence-electron chi connectivity index (χ4n) is 3.55. The van der Waals surface area contributed by atoms with Crippen LogP contribution < -0.4 is 4.72 Å². The van der Waals surface area contributed by atoms with Crippen LogP contribution in [0.4, 0.5) is 0 Å². The van der Waals surface area contributed by atoms with Gasteiger partial charge in [-0.15, -0.1) is 0 Å². The highest BCUT2D eigenvalue weighted by molar-refractivity contribution is 7.88. The molecule has 2 aliphatic rings. The molecule has 1 saturated carbocycles. The molecule has 1 amide bonds. The number of nitrogens with zero attached hydrogens (tertiary/aromatic N) is 1. The second-order valence-corrected chi connectivity index (χ2v) is 7.87. The molecule has 1 aliphatic carbocycles. The van der Waals surface area contributed by atoms with Gasteiger partial charge in [-0.1, -0.05) is 30.3 Å². The van der Waals surface area contributed by atoms with Crippen molar-refractivity contribution in [2.75, 3.05) is 12.8 Å². The number of nitrogens with one attached hydrogen (secondary N) is 1. The van der Waals surface area contributed by atoms with Gasteiger partial charge < -0.3 is 4.90 Å². The maximum Gasteiger partial charge on any atom is 0.227 e. The maximum absolute atomic E-state index is 12.4. The Bertz CT molecular complexity index is 630. The van der Waals surface area contributed by atoms with Gasteiger partial charge >= 0.3 is 0 Å². The lowest BCUT2D eigenvalue weighted by molar-refractivity contribution is -0.132. The van der Waals surface area contributed by atoms with Crippen LogP contribution in [0.1, 0.15) is 18.4 Å². The van der Waals surface area contributed by atoms with E-state index >= 15 is 0 Å². The van der Waals surface area contributed by atoms with E-state index in [0.29, 0.717) is 13.0 Å². The molecule has 1 N–H and O–H groups in total. The molecule has 0 aromatic heterocycles. The van der Waals surface area contributed by atoms with Crippen molar-refractivity contribution in [3.05, 3.63) is 35.9 Å². The summed E-state index contributed by atoms with van der Waals surface area (Å²) in [4.78, 5) is 14.3. The first-order chi connectivity index (χ1) is 9.92. The highest BCUT2D eigenvalue weighted by Crippen LogP contribution is 2.38. The SMILES string of the molecule is CS(=O)(=O)N[C@H]1C[C@@H]2C[C@H]1CN2C(=O)Cc1ccccc1. The predicted octanol–water partition coefficient (Wildman–Crippen LogP) is 0.768. The molecule has 2 fully saturated rings. The molecule has 114 valence electrons. The highest BCUT2D eigenvalue weighted by Gasteiger charge is 2.46. The van der Waals surface area contributed by atoms with Gasteiger partial charge in [0.05, 0.1) is 12.7 Å². The molecule has 1 heterocycles. The number of amides is 1. The van der Waals surface area contributed by atoms with Crippen molar-refractivity contribution in [2.45, 2.75) is 31.3 Å². The Kier molecular flexibility index (Phi) is 3.75. The number of carbonyl (C=O) groups excluding carboxylic acids is 1. The number of rotatable bonds is 4. The zero-order valence-electron chi connectivity index (χ0n) is 12.0. The van der Waals surface area contributed by atoms with E-state index in [9.17, 15) is 13.2 Å². The zero-order valence-corrected chi connectivity index (χ0v) is 12.8. The van der Waals surface area contributed by atoms with Crippen LogP contribution in [0.5, 0.6) is 0 Å². The average molecular weight is 308 g/mol. The molecule has 5 nitrogen and oxygen atoms in total. The Labute approximate surface area is 125 Å². The van der Waals surface area contributed by atoms with Crippen molar-refractivity contribution < 1.29 is 13.2 Å². The lowest BCUT2D eigenvalue weighted by Gasteiger charge is -2.31. The summed E-state index contributed by atoms with van der Waals surface area (Å²) in [5.41, 5.74) is 1.02. The first-order valence-corrected chi connectivity index (χ1v) is 9.12. The van der Waals surface area contributed by atoms with Crippen molar-refractivity contribution in [1.29, 1.82) is 0 Å². The summed E-state index contributed by atoms with van der Waals surface area (Å²) in [5, 5.41) is 0. The fraction of sp³-hybridized carbons (Fsp3) is 0.533. The van der Waals surface area contributed by atoms with E-state index in [1.54, 1.807) is 0 Å². The topological polar surface area (TPSA) is 66.5 Å². The fourth-order valence-corrected chi connectivity index (χ4v) is 4.39. The smallest absolute Gasteiger partial charge is 0.227 e. The van der Waals surface area contributed by atoms with E-state index in [1.807, 2.05) is 35.2 Å². The largest absolute Gasteiger partial charge is 0.339 e. The van der Waals surface area contributed by atoms with Gasteiger partial charge in [-0.3, -0.25) is 4.79 Å². The van der Waals surface area contributed by atoms with Crippen LogP contribution in [0.2, 0.25) is 0 Å². The Hall–Kier alpha value is -1.40. The summed E-state index contributed by atoms with van der Waals surface area (Å²) in [6.45, 7) is 0.670. The van der Waals surface area contributed by atoms with Crippen molar-refractivity contribution in [2.24, 2.45) is 5.92 Å².